The van der Waals surface area contributed by atoms with Gasteiger partial charge in [-0.1, -0.05) is 23.8 Å². The molecule has 2 nitrogen and oxygen atoms in total. The van der Waals surface area contributed by atoms with Gasteiger partial charge in [0.1, 0.15) is 0 Å². The fourth-order valence-electron chi connectivity index (χ4n) is 2.20. The largest absolute Gasteiger partial charge is 0.271 e. The Morgan fingerprint density at radius 3 is 2.50 bits per heavy atom. The summed E-state index contributed by atoms with van der Waals surface area (Å²) in [6, 6.07) is 8.76. The van der Waals surface area contributed by atoms with Gasteiger partial charge in [-0.25, -0.2) is 5.43 Å². The van der Waals surface area contributed by atoms with Crippen LogP contribution in [-0.4, -0.2) is 0 Å². The van der Waals surface area contributed by atoms with E-state index in [1.54, 1.807) is 0 Å². The van der Waals surface area contributed by atoms with Crippen LogP contribution < -0.4 is 11.3 Å². The maximum Gasteiger partial charge on any atom is 0.0670 e. The topological polar surface area (TPSA) is 38.0 Å². The number of hydrogen-bond donors (Lipinski definition) is 2. The lowest BCUT2D eigenvalue weighted by molar-refractivity contribution is 0.566. The fourth-order valence-corrected chi connectivity index (χ4v) is 2.56. The molecule has 16 heavy (non-hydrogen) atoms. The first-order valence-corrected chi connectivity index (χ1v) is 6.79. The zero-order valence-electron chi connectivity index (χ0n) is 9.25. The van der Waals surface area contributed by atoms with Gasteiger partial charge in [0.2, 0.25) is 0 Å². The lowest BCUT2D eigenvalue weighted by Crippen LogP contribution is -2.30. The Bertz CT molecular complexity index is 370. The number of nitrogens with one attached hydrogen (secondary N) is 1. The molecule has 0 aromatic heterocycles. The van der Waals surface area contributed by atoms with Crippen molar-refractivity contribution in [3.8, 4) is 0 Å². The lowest BCUT2D eigenvalue weighted by atomic mass is 9.90. The Morgan fingerprint density at radius 2 is 1.94 bits per heavy atom. The monoisotopic (exact) mass is 328 g/mol. The van der Waals surface area contributed by atoms with Crippen molar-refractivity contribution in [3.05, 3.63) is 45.0 Å². The molecule has 1 atom stereocenters. The molecule has 0 amide bonds. The van der Waals surface area contributed by atoms with Crippen LogP contribution in [0.5, 0.6) is 0 Å². The summed E-state index contributed by atoms with van der Waals surface area (Å²) in [6.45, 7) is 0. The van der Waals surface area contributed by atoms with Crippen LogP contribution in [-0.2, 0) is 0 Å². The SMILES string of the molecule is NNC(C1=CCCCC1)c1ccc(I)cc1. The van der Waals surface area contributed by atoms with Gasteiger partial charge < -0.3 is 0 Å². The molecule has 2 rings (SSSR count). The molecular weight excluding hydrogens is 311 g/mol. The molecule has 0 heterocycles. The predicted octanol–water partition coefficient (Wildman–Crippen LogP) is 3.30. The summed E-state index contributed by atoms with van der Waals surface area (Å²) < 4.78 is 1.26. The molecule has 1 aromatic rings. The summed E-state index contributed by atoms with van der Waals surface area (Å²) in [4.78, 5) is 0. The maximum atomic E-state index is 5.68. The van der Waals surface area contributed by atoms with Gasteiger partial charge in [0.05, 0.1) is 6.04 Å². The van der Waals surface area contributed by atoms with Gasteiger partial charge in [-0.2, -0.15) is 0 Å². The van der Waals surface area contributed by atoms with Crippen LogP contribution in [0.3, 0.4) is 0 Å². The summed E-state index contributed by atoms with van der Waals surface area (Å²) in [7, 11) is 0. The summed E-state index contributed by atoms with van der Waals surface area (Å²) >= 11 is 2.32. The minimum atomic E-state index is 0.192. The molecule has 3 heteroatoms. The number of halogens is 1. The van der Waals surface area contributed by atoms with Crippen LogP contribution in [0.25, 0.3) is 0 Å². The van der Waals surface area contributed by atoms with Crippen LogP contribution >= 0.6 is 22.6 Å². The van der Waals surface area contributed by atoms with Gasteiger partial charge in [0, 0.05) is 3.57 Å². The van der Waals surface area contributed by atoms with E-state index in [1.165, 1.54) is 40.4 Å². The Hall–Kier alpha value is -0.390. The fraction of sp³-hybridized carbons (Fsp3) is 0.385. The van der Waals surface area contributed by atoms with Crippen LogP contribution in [0.2, 0.25) is 0 Å². The van der Waals surface area contributed by atoms with Gasteiger partial charge in [-0.05, 0) is 66.0 Å². The number of allylic oxidation sites excluding steroid dienone is 1. The first-order chi connectivity index (χ1) is 7.81. The van der Waals surface area contributed by atoms with Gasteiger partial charge in [-0.15, -0.1) is 0 Å². The van der Waals surface area contributed by atoms with Crippen molar-refractivity contribution in [2.75, 3.05) is 0 Å². The van der Waals surface area contributed by atoms with Crippen molar-refractivity contribution in [2.45, 2.75) is 31.7 Å². The average molecular weight is 328 g/mol. The predicted molar refractivity (Wildman–Crippen MR) is 75.8 cm³/mol. The molecule has 1 unspecified atom stereocenters. The van der Waals surface area contributed by atoms with Crippen molar-refractivity contribution in [3.63, 3.8) is 0 Å². The smallest absolute Gasteiger partial charge is 0.0670 e. The standard InChI is InChI=1S/C13H17IN2/c14-12-8-6-11(7-9-12)13(16-15)10-4-2-1-3-5-10/h4,6-9,13,16H,1-3,5,15H2. The van der Waals surface area contributed by atoms with Crippen molar-refractivity contribution in [1.29, 1.82) is 0 Å². The molecule has 1 aromatic carbocycles. The Labute approximate surface area is 110 Å². The van der Waals surface area contributed by atoms with E-state index in [0.717, 1.165) is 0 Å². The maximum absolute atomic E-state index is 5.68. The first-order valence-electron chi connectivity index (χ1n) is 5.72. The molecule has 0 bridgehead atoms. The van der Waals surface area contributed by atoms with Gasteiger partial charge in [0.15, 0.2) is 0 Å². The van der Waals surface area contributed by atoms with Crippen molar-refractivity contribution in [1.82, 2.24) is 5.43 Å². The van der Waals surface area contributed by atoms with Crippen LogP contribution in [0, 0.1) is 3.57 Å². The molecular formula is C13H17IN2. The minimum Gasteiger partial charge on any atom is -0.271 e. The van der Waals surface area contributed by atoms with E-state index >= 15 is 0 Å². The normalized spacial score (nSPS) is 18.0. The van der Waals surface area contributed by atoms with Gasteiger partial charge in [0.25, 0.3) is 0 Å². The van der Waals surface area contributed by atoms with E-state index in [4.69, 9.17) is 5.84 Å². The molecule has 1 aliphatic rings. The molecule has 0 fully saturated rings. The third-order valence-corrected chi connectivity index (χ3v) is 3.79. The molecule has 0 saturated carbocycles. The highest BCUT2D eigenvalue weighted by Crippen LogP contribution is 2.29. The van der Waals surface area contributed by atoms with Gasteiger partial charge >= 0.3 is 0 Å². The number of rotatable bonds is 3. The lowest BCUT2D eigenvalue weighted by Gasteiger charge is -2.23. The van der Waals surface area contributed by atoms with E-state index in [1.807, 2.05) is 0 Å². The third-order valence-electron chi connectivity index (χ3n) is 3.07. The third kappa shape index (κ3) is 2.84. The number of benzene rings is 1. The van der Waals surface area contributed by atoms with Crippen molar-refractivity contribution < 1.29 is 0 Å². The number of hydrogen-bond acceptors (Lipinski definition) is 2. The molecule has 0 radical (unpaired) electrons. The summed E-state index contributed by atoms with van der Waals surface area (Å²) in [5, 5.41) is 0. The van der Waals surface area contributed by atoms with Crippen molar-refractivity contribution in [2.24, 2.45) is 5.84 Å². The van der Waals surface area contributed by atoms with E-state index in [0.29, 0.717) is 0 Å². The second-order valence-corrected chi connectivity index (χ2v) is 5.42. The van der Waals surface area contributed by atoms with Crippen LogP contribution in [0.1, 0.15) is 37.3 Å². The number of nitrogens with two attached hydrogens (primary N) is 1. The molecule has 0 spiro atoms. The minimum absolute atomic E-state index is 0.192. The average Bonchev–Trinajstić information content (AvgIpc) is 2.34. The first kappa shape index (κ1) is 12.1. The highest BCUT2D eigenvalue weighted by molar-refractivity contribution is 14.1. The van der Waals surface area contributed by atoms with E-state index in [2.05, 4.69) is 58.4 Å². The zero-order valence-corrected chi connectivity index (χ0v) is 11.4. The highest BCUT2D eigenvalue weighted by atomic mass is 127. The van der Waals surface area contributed by atoms with E-state index in [-0.39, 0.29) is 6.04 Å². The summed E-state index contributed by atoms with van der Waals surface area (Å²) in [5.74, 6) is 5.68. The van der Waals surface area contributed by atoms with Crippen LogP contribution in [0.15, 0.2) is 35.9 Å². The zero-order chi connectivity index (χ0) is 11.4. The van der Waals surface area contributed by atoms with Crippen molar-refractivity contribution >= 4 is 22.6 Å². The second-order valence-electron chi connectivity index (χ2n) is 4.18. The second kappa shape index (κ2) is 5.80. The van der Waals surface area contributed by atoms with E-state index < -0.39 is 0 Å². The Balaban J connectivity index is 2.21. The van der Waals surface area contributed by atoms with Gasteiger partial charge in [-0.3, -0.25) is 5.84 Å². The molecule has 0 saturated heterocycles. The quantitative estimate of drug-likeness (QED) is 0.387. The highest BCUT2D eigenvalue weighted by Gasteiger charge is 2.16. The van der Waals surface area contributed by atoms with E-state index in [9.17, 15) is 0 Å². The number of hydrazine groups is 1. The molecule has 86 valence electrons. The van der Waals surface area contributed by atoms with Crippen LogP contribution in [0.4, 0.5) is 0 Å². The molecule has 1 aliphatic carbocycles. The summed E-state index contributed by atoms with van der Waals surface area (Å²) in [5.41, 5.74) is 5.64. The Morgan fingerprint density at radius 1 is 1.19 bits per heavy atom. The Kier molecular flexibility index (Phi) is 4.37. The summed E-state index contributed by atoms with van der Waals surface area (Å²) in [6.07, 6.45) is 7.30. The molecule has 0 aliphatic heterocycles. The molecule has 3 N–H and O–H groups in total.